The molecule has 0 aromatic heterocycles. The molecule has 14 heteroatoms. The highest BCUT2D eigenvalue weighted by molar-refractivity contribution is 7.80. The van der Waals surface area contributed by atoms with E-state index in [0.717, 1.165) is 44.9 Å². The van der Waals surface area contributed by atoms with E-state index in [9.17, 15) is 38.7 Å². The number of amides is 1. The van der Waals surface area contributed by atoms with Crippen molar-refractivity contribution < 1.29 is 57.0 Å². The second-order valence-electron chi connectivity index (χ2n) is 15.8. The van der Waals surface area contributed by atoms with Crippen LogP contribution in [0.15, 0.2) is 12.2 Å². The normalized spacial score (nSPS) is 22.0. The molecule has 0 aromatic carbocycles. The summed E-state index contributed by atoms with van der Waals surface area (Å²) in [7, 11) is -5.11. The molecule has 0 aliphatic carbocycles. The van der Waals surface area contributed by atoms with E-state index in [0.29, 0.717) is 19.3 Å². The molecule has 332 valence electrons. The van der Waals surface area contributed by atoms with E-state index >= 15 is 0 Å². The molecule has 0 spiro atoms. The van der Waals surface area contributed by atoms with Crippen molar-refractivity contribution in [2.24, 2.45) is 0 Å². The van der Waals surface area contributed by atoms with Gasteiger partial charge in [-0.15, -0.1) is 0 Å². The summed E-state index contributed by atoms with van der Waals surface area (Å²) < 4.78 is 47.4. The van der Waals surface area contributed by atoms with Gasteiger partial charge in [0, 0.05) is 0 Å². The Morgan fingerprint density at radius 1 is 0.696 bits per heavy atom. The maximum absolute atomic E-state index is 13.0. The Hall–Kier alpha value is -1.20. The zero-order valence-corrected chi connectivity index (χ0v) is 35.6. The number of unbranched alkanes of at least 4 members (excludes halogenated alkanes) is 22. The predicted molar refractivity (Wildman–Crippen MR) is 219 cm³/mol. The molecule has 0 radical (unpaired) electrons. The van der Waals surface area contributed by atoms with Crippen LogP contribution >= 0.6 is 0 Å². The molecule has 1 aliphatic rings. The minimum absolute atomic E-state index is 0.176. The zero-order valence-electron chi connectivity index (χ0n) is 34.8. The van der Waals surface area contributed by atoms with Gasteiger partial charge in [-0.05, 0) is 32.1 Å². The molecule has 0 aromatic rings. The molecule has 1 aliphatic heterocycles. The van der Waals surface area contributed by atoms with E-state index in [4.69, 9.17) is 14.0 Å². The maximum atomic E-state index is 13.0. The number of allylic oxidation sites excluding steroid dienone is 2. The first kappa shape index (κ1) is 52.8. The first-order valence-corrected chi connectivity index (χ1v) is 23.5. The van der Waals surface area contributed by atoms with Crippen LogP contribution in [-0.2, 0) is 28.9 Å². The van der Waals surface area contributed by atoms with E-state index in [1.807, 2.05) is 12.2 Å². The molecule has 1 fully saturated rings. The Balaban J connectivity index is 2.53. The number of aliphatic hydroxyl groups is 5. The minimum Gasteiger partial charge on any atom is -0.394 e. The highest BCUT2D eigenvalue weighted by atomic mass is 32.3. The molecule has 13 nitrogen and oxygen atoms in total. The van der Waals surface area contributed by atoms with Gasteiger partial charge in [-0.25, -0.2) is 4.18 Å². The summed E-state index contributed by atoms with van der Waals surface area (Å²) in [4.78, 5) is 13.0. The highest BCUT2D eigenvalue weighted by Crippen LogP contribution is 2.26. The van der Waals surface area contributed by atoms with Crippen molar-refractivity contribution in [2.45, 2.75) is 236 Å². The van der Waals surface area contributed by atoms with Gasteiger partial charge in [-0.3, -0.25) is 9.35 Å². The zero-order chi connectivity index (χ0) is 41.4. The van der Waals surface area contributed by atoms with E-state index in [2.05, 4.69) is 23.3 Å². The molecule has 1 amide bonds. The fourth-order valence-corrected chi connectivity index (χ4v) is 7.62. The van der Waals surface area contributed by atoms with Crippen molar-refractivity contribution in [2.75, 3.05) is 13.2 Å². The van der Waals surface area contributed by atoms with Crippen LogP contribution in [0.5, 0.6) is 0 Å². The molecule has 1 heterocycles. The topological polar surface area (TPSA) is 212 Å². The molecular weight excluding hydrogens is 743 g/mol. The molecular formula is C42H81NO12S. The minimum atomic E-state index is -5.11. The average molecular weight is 824 g/mol. The Morgan fingerprint density at radius 2 is 1.16 bits per heavy atom. The Labute approximate surface area is 339 Å². The average Bonchev–Trinajstić information content (AvgIpc) is 3.16. The number of carbonyl (C=O) groups excluding carboxylic acids is 1. The van der Waals surface area contributed by atoms with E-state index in [1.165, 1.54) is 103 Å². The van der Waals surface area contributed by atoms with Crippen LogP contribution in [0.25, 0.3) is 0 Å². The van der Waals surface area contributed by atoms with Gasteiger partial charge in [0.1, 0.15) is 30.5 Å². The second-order valence-corrected chi connectivity index (χ2v) is 16.8. The molecule has 56 heavy (non-hydrogen) atoms. The molecule has 1 saturated heterocycles. The van der Waals surface area contributed by atoms with Gasteiger partial charge >= 0.3 is 10.4 Å². The van der Waals surface area contributed by atoms with Crippen LogP contribution in [0.1, 0.15) is 187 Å². The summed E-state index contributed by atoms with van der Waals surface area (Å²) in [5.41, 5.74) is 0. The standard InChI is InChI=1S/C42H81NO12S/c1-3-5-7-9-11-13-14-15-16-17-18-19-20-21-22-23-25-26-28-30-35(45)34(43-41(49)36(46)31-29-27-24-12-10-8-6-4-2)33-53-42-39(48)40(55-56(50,51)52)38(47)37(32-44)54-42/h24,27,34-40,42,44-48H,3-23,25-26,28-33H2,1-2H3,(H,43,49)(H,50,51,52)/b27-24-. The maximum Gasteiger partial charge on any atom is 0.397 e. The van der Waals surface area contributed by atoms with Crippen molar-refractivity contribution in [3.05, 3.63) is 12.2 Å². The first-order valence-electron chi connectivity index (χ1n) is 22.2. The van der Waals surface area contributed by atoms with Gasteiger partial charge in [0.15, 0.2) is 6.29 Å². The fourth-order valence-electron chi connectivity index (χ4n) is 7.11. The van der Waals surface area contributed by atoms with Crippen molar-refractivity contribution in [1.82, 2.24) is 5.32 Å². The molecule has 8 unspecified atom stereocenters. The van der Waals surface area contributed by atoms with Crippen LogP contribution in [0.4, 0.5) is 0 Å². The third-order valence-corrected chi connectivity index (χ3v) is 11.2. The van der Waals surface area contributed by atoms with Crippen LogP contribution in [0, 0.1) is 0 Å². The van der Waals surface area contributed by atoms with Gasteiger partial charge in [0.25, 0.3) is 0 Å². The van der Waals surface area contributed by atoms with Crippen LogP contribution in [-0.4, -0.2) is 107 Å². The summed E-state index contributed by atoms with van der Waals surface area (Å²) in [6, 6.07) is -1.04. The Morgan fingerprint density at radius 3 is 1.64 bits per heavy atom. The fraction of sp³-hybridized carbons (Fsp3) is 0.929. The number of hydrogen-bond donors (Lipinski definition) is 7. The molecule has 0 saturated carbocycles. The monoisotopic (exact) mass is 824 g/mol. The lowest BCUT2D eigenvalue weighted by atomic mass is 9.99. The van der Waals surface area contributed by atoms with Crippen LogP contribution < -0.4 is 5.32 Å². The number of rotatable bonds is 37. The third kappa shape index (κ3) is 26.0. The number of aliphatic hydroxyl groups excluding tert-OH is 5. The summed E-state index contributed by atoms with van der Waals surface area (Å²) in [5, 5.41) is 55.0. The van der Waals surface area contributed by atoms with Gasteiger partial charge < -0.3 is 40.3 Å². The summed E-state index contributed by atoms with van der Waals surface area (Å²) in [6.45, 7) is 3.20. The van der Waals surface area contributed by atoms with Crippen LogP contribution in [0.3, 0.4) is 0 Å². The Bertz CT molecular complexity index is 1080. The molecule has 8 atom stereocenters. The second kappa shape index (κ2) is 33.6. The lowest BCUT2D eigenvalue weighted by Gasteiger charge is -2.41. The van der Waals surface area contributed by atoms with Crippen molar-refractivity contribution in [3.63, 3.8) is 0 Å². The lowest BCUT2D eigenvalue weighted by Crippen LogP contribution is -2.61. The van der Waals surface area contributed by atoms with Gasteiger partial charge in [-0.2, -0.15) is 8.42 Å². The summed E-state index contributed by atoms with van der Waals surface area (Å²) in [5.74, 6) is -0.705. The lowest BCUT2D eigenvalue weighted by molar-refractivity contribution is -0.298. The van der Waals surface area contributed by atoms with E-state index in [1.54, 1.807) is 0 Å². The van der Waals surface area contributed by atoms with Gasteiger partial charge in [0.05, 0.1) is 25.4 Å². The van der Waals surface area contributed by atoms with Crippen LogP contribution in [0.2, 0.25) is 0 Å². The number of hydrogen-bond acceptors (Lipinski definition) is 11. The van der Waals surface area contributed by atoms with Crippen molar-refractivity contribution in [3.8, 4) is 0 Å². The highest BCUT2D eigenvalue weighted by Gasteiger charge is 2.48. The number of carbonyl (C=O) groups is 1. The largest absolute Gasteiger partial charge is 0.397 e. The van der Waals surface area contributed by atoms with E-state index in [-0.39, 0.29) is 6.42 Å². The SMILES string of the molecule is CCCCCC/C=C\CCC(O)C(=O)NC(COC1OC(CO)C(O)C(OS(=O)(=O)O)C1O)C(O)CCCCCCCCCCCCCCCCCCCCC. The first-order chi connectivity index (χ1) is 26.9. The molecule has 1 rings (SSSR count). The van der Waals surface area contributed by atoms with E-state index < -0.39 is 78.5 Å². The number of nitrogens with one attached hydrogen (secondary N) is 1. The summed E-state index contributed by atoms with van der Waals surface area (Å²) >= 11 is 0. The Kier molecular flexibility index (Phi) is 31.7. The summed E-state index contributed by atoms with van der Waals surface area (Å²) in [6.07, 6.45) is 23.0. The van der Waals surface area contributed by atoms with Crippen molar-refractivity contribution in [1.29, 1.82) is 0 Å². The smallest absolute Gasteiger partial charge is 0.394 e. The third-order valence-electron chi connectivity index (χ3n) is 10.7. The molecule has 7 N–H and O–H groups in total. The van der Waals surface area contributed by atoms with Gasteiger partial charge in [0.2, 0.25) is 5.91 Å². The predicted octanol–water partition coefficient (Wildman–Crippen LogP) is 6.97. The van der Waals surface area contributed by atoms with Crippen molar-refractivity contribution >= 4 is 16.3 Å². The molecule has 0 bridgehead atoms. The quantitative estimate of drug-likeness (QED) is 0.0192. The van der Waals surface area contributed by atoms with Gasteiger partial charge in [-0.1, -0.05) is 167 Å². The number of ether oxygens (including phenoxy) is 2.